The molecule has 162 valence electrons. The normalized spacial score (nSPS) is 24.8. The van der Waals surface area contributed by atoms with E-state index in [1.807, 2.05) is 22.8 Å². The molecule has 30 heavy (non-hydrogen) atoms. The number of hydrogen-bond donors (Lipinski definition) is 1. The average Bonchev–Trinajstić information content (AvgIpc) is 3.08. The van der Waals surface area contributed by atoms with Gasteiger partial charge in [0.1, 0.15) is 0 Å². The molecule has 1 aromatic heterocycles. The van der Waals surface area contributed by atoms with Crippen molar-refractivity contribution in [3.8, 4) is 0 Å². The van der Waals surface area contributed by atoms with Gasteiger partial charge in [0.05, 0.1) is 17.1 Å². The van der Waals surface area contributed by atoms with E-state index in [-0.39, 0.29) is 17.8 Å². The highest BCUT2D eigenvalue weighted by atomic mass is 35.5. The molecule has 5 nitrogen and oxygen atoms in total. The second-order valence-corrected chi connectivity index (χ2v) is 8.82. The van der Waals surface area contributed by atoms with Crippen LogP contribution in [0.2, 0.25) is 5.02 Å². The van der Waals surface area contributed by atoms with Crippen molar-refractivity contribution < 1.29 is 4.74 Å². The van der Waals surface area contributed by atoms with Crippen LogP contribution in [0, 0.1) is 0 Å². The predicted molar refractivity (Wildman–Crippen MR) is 123 cm³/mol. The summed E-state index contributed by atoms with van der Waals surface area (Å²) in [5.74, 6) is 0. The predicted octanol–water partition coefficient (Wildman–Crippen LogP) is 5.08. The summed E-state index contributed by atoms with van der Waals surface area (Å²) in [4.78, 5) is 18.2. The first-order valence-corrected chi connectivity index (χ1v) is 11.6. The summed E-state index contributed by atoms with van der Waals surface area (Å²) >= 11 is 6.09. The third-order valence-electron chi connectivity index (χ3n) is 6.49. The van der Waals surface area contributed by atoms with Crippen molar-refractivity contribution in [1.82, 2.24) is 14.5 Å². The van der Waals surface area contributed by atoms with Crippen molar-refractivity contribution >= 4 is 22.6 Å². The highest BCUT2D eigenvalue weighted by Gasteiger charge is 2.32. The molecular formula is C24H32ClN3O2. The Balaban J connectivity index is 1.43. The number of piperidine rings is 1. The van der Waals surface area contributed by atoms with E-state index in [2.05, 4.69) is 42.0 Å². The second kappa shape index (κ2) is 9.54. The summed E-state index contributed by atoms with van der Waals surface area (Å²) in [6, 6.07) is 6.43. The summed E-state index contributed by atoms with van der Waals surface area (Å²) in [5.41, 5.74) is 3.05. The third kappa shape index (κ3) is 4.43. The van der Waals surface area contributed by atoms with Gasteiger partial charge in [-0.15, -0.1) is 0 Å². The fraction of sp³-hybridized carbons (Fsp3) is 0.542. The van der Waals surface area contributed by atoms with Gasteiger partial charge in [-0.05, 0) is 62.8 Å². The molecule has 0 amide bonds. The molecule has 2 saturated heterocycles. The molecule has 2 unspecified atom stereocenters. The van der Waals surface area contributed by atoms with Crippen LogP contribution in [-0.2, 0) is 4.74 Å². The molecule has 0 bridgehead atoms. The maximum atomic E-state index is 12.6. The zero-order valence-corrected chi connectivity index (χ0v) is 18.7. The molecule has 0 saturated carbocycles. The molecule has 2 aromatic rings. The van der Waals surface area contributed by atoms with E-state index in [4.69, 9.17) is 16.3 Å². The van der Waals surface area contributed by atoms with Gasteiger partial charge in [0.2, 0.25) is 0 Å². The molecule has 3 heterocycles. The van der Waals surface area contributed by atoms with Crippen LogP contribution >= 0.6 is 11.6 Å². The number of benzene rings is 1. The van der Waals surface area contributed by atoms with Crippen molar-refractivity contribution in [3.63, 3.8) is 0 Å². The van der Waals surface area contributed by atoms with E-state index in [1.54, 1.807) is 0 Å². The Bertz CT molecular complexity index is 982. The fourth-order valence-corrected chi connectivity index (χ4v) is 5.23. The number of aromatic nitrogens is 2. The molecule has 2 atom stereocenters. The lowest BCUT2D eigenvalue weighted by molar-refractivity contribution is -0.0149. The minimum atomic E-state index is -0.0301. The van der Waals surface area contributed by atoms with Crippen LogP contribution in [0.4, 0.5) is 0 Å². The molecular weight excluding hydrogens is 398 g/mol. The van der Waals surface area contributed by atoms with Crippen LogP contribution in [0.1, 0.15) is 52.0 Å². The number of rotatable bonds is 5. The van der Waals surface area contributed by atoms with E-state index in [0.29, 0.717) is 11.1 Å². The Labute approximate surface area is 183 Å². The highest BCUT2D eigenvalue weighted by molar-refractivity contribution is 6.31. The summed E-state index contributed by atoms with van der Waals surface area (Å²) in [7, 11) is 0. The summed E-state index contributed by atoms with van der Waals surface area (Å²) in [6.07, 6.45) is 11.9. The number of nitrogens with zero attached hydrogens (tertiary/aromatic N) is 2. The van der Waals surface area contributed by atoms with E-state index >= 15 is 0 Å². The third-order valence-corrected chi connectivity index (χ3v) is 6.72. The summed E-state index contributed by atoms with van der Waals surface area (Å²) in [5, 5.41) is 0.647. The van der Waals surface area contributed by atoms with Crippen molar-refractivity contribution in [2.45, 2.75) is 64.1 Å². The number of likely N-dealkylation sites (tertiary alicyclic amines) is 1. The molecule has 0 aliphatic carbocycles. The molecule has 2 aliphatic heterocycles. The van der Waals surface area contributed by atoms with Gasteiger partial charge in [-0.3, -0.25) is 4.57 Å². The van der Waals surface area contributed by atoms with Crippen LogP contribution in [0.25, 0.3) is 11.0 Å². The Morgan fingerprint density at radius 1 is 1.27 bits per heavy atom. The highest BCUT2D eigenvalue weighted by Crippen LogP contribution is 2.31. The monoisotopic (exact) mass is 429 g/mol. The molecule has 2 aliphatic rings. The SMILES string of the molecule is C/C=C\C(=C/CC)C1CC(N2CCC(n3c(=O)[nH]c4cc(Cl)ccc43)CC2)CCO1. The molecule has 0 radical (unpaired) electrons. The van der Waals surface area contributed by atoms with Crippen molar-refractivity contribution in [3.05, 3.63) is 57.5 Å². The van der Waals surface area contributed by atoms with Gasteiger partial charge >= 0.3 is 5.69 Å². The average molecular weight is 430 g/mol. The lowest BCUT2D eigenvalue weighted by Crippen LogP contribution is -2.47. The number of H-pyrrole nitrogens is 1. The summed E-state index contributed by atoms with van der Waals surface area (Å²) < 4.78 is 8.05. The molecule has 4 rings (SSSR count). The van der Waals surface area contributed by atoms with E-state index < -0.39 is 0 Å². The van der Waals surface area contributed by atoms with Gasteiger partial charge in [-0.2, -0.15) is 0 Å². The van der Waals surface area contributed by atoms with Crippen LogP contribution < -0.4 is 5.69 Å². The molecule has 1 N–H and O–H groups in total. The Kier molecular flexibility index (Phi) is 6.81. The number of hydrogen-bond acceptors (Lipinski definition) is 3. The number of aromatic amines is 1. The number of imidazole rings is 1. The fourth-order valence-electron chi connectivity index (χ4n) is 5.05. The number of halogens is 1. The largest absolute Gasteiger partial charge is 0.373 e. The summed E-state index contributed by atoms with van der Waals surface area (Å²) in [6.45, 7) is 7.09. The van der Waals surface area contributed by atoms with Gasteiger partial charge < -0.3 is 14.6 Å². The van der Waals surface area contributed by atoms with E-state index in [9.17, 15) is 4.79 Å². The lowest BCUT2D eigenvalue weighted by Gasteiger charge is -2.41. The van der Waals surface area contributed by atoms with Gasteiger partial charge in [0, 0.05) is 36.8 Å². The number of ether oxygens (including phenoxy) is 1. The number of allylic oxidation sites excluding steroid dienone is 2. The number of fused-ring (bicyclic) bond motifs is 1. The molecule has 0 spiro atoms. The first kappa shape index (κ1) is 21.4. The second-order valence-electron chi connectivity index (χ2n) is 8.38. The van der Waals surface area contributed by atoms with E-state index in [1.165, 1.54) is 5.57 Å². The van der Waals surface area contributed by atoms with Crippen LogP contribution in [0.5, 0.6) is 0 Å². The Morgan fingerprint density at radius 2 is 2.07 bits per heavy atom. The van der Waals surface area contributed by atoms with Crippen molar-refractivity contribution in [2.75, 3.05) is 19.7 Å². The van der Waals surface area contributed by atoms with Gasteiger partial charge in [-0.1, -0.05) is 36.8 Å². The maximum absolute atomic E-state index is 12.6. The molecule has 1 aromatic carbocycles. The maximum Gasteiger partial charge on any atom is 0.326 e. The minimum absolute atomic E-state index is 0.0301. The van der Waals surface area contributed by atoms with Gasteiger partial charge in [0.15, 0.2) is 0 Å². The zero-order valence-electron chi connectivity index (χ0n) is 17.9. The first-order valence-electron chi connectivity index (χ1n) is 11.2. The molecule has 6 heteroatoms. The van der Waals surface area contributed by atoms with Gasteiger partial charge in [0.25, 0.3) is 0 Å². The zero-order chi connectivity index (χ0) is 21.1. The van der Waals surface area contributed by atoms with Crippen LogP contribution in [0.3, 0.4) is 0 Å². The topological polar surface area (TPSA) is 50.3 Å². The molecule has 2 fully saturated rings. The number of nitrogens with one attached hydrogen (secondary N) is 1. The minimum Gasteiger partial charge on any atom is -0.373 e. The smallest absolute Gasteiger partial charge is 0.326 e. The van der Waals surface area contributed by atoms with Crippen molar-refractivity contribution in [1.29, 1.82) is 0 Å². The van der Waals surface area contributed by atoms with Crippen molar-refractivity contribution in [2.24, 2.45) is 0 Å². The Morgan fingerprint density at radius 3 is 2.80 bits per heavy atom. The van der Waals surface area contributed by atoms with Crippen LogP contribution in [-0.4, -0.2) is 46.3 Å². The van der Waals surface area contributed by atoms with Gasteiger partial charge in [-0.25, -0.2) is 4.79 Å². The van der Waals surface area contributed by atoms with E-state index in [0.717, 1.165) is 62.8 Å². The standard InChI is InChI=1S/C24H32ClN3O2/c1-3-5-17(6-4-2)23-16-20(11-14-30-23)27-12-9-19(10-13-27)28-22-8-7-18(25)15-21(22)26-24(28)29/h3,5-8,15,19-20,23H,4,9-14,16H2,1-2H3,(H,26,29)/b5-3-,17-6+. The van der Waals surface area contributed by atoms with Crippen LogP contribution in [0.15, 0.2) is 46.8 Å². The lowest BCUT2D eigenvalue weighted by atomic mass is 9.93. The quantitative estimate of drug-likeness (QED) is 0.674. The first-order chi connectivity index (χ1) is 14.6. The Hall–Kier alpha value is -1.82.